The van der Waals surface area contributed by atoms with E-state index in [2.05, 4.69) is 26.9 Å². The van der Waals surface area contributed by atoms with E-state index in [1.165, 1.54) is 11.5 Å². The molecule has 1 fully saturated rings. The first-order chi connectivity index (χ1) is 6.29. The molecular formula is C8H14N4S. The van der Waals surface area contributed by atoms with Gasteiger partial charge in [-0.25, -0.2) is 4.98 Å². The van der Waals surface area contributed by atoms with E-state index in [-0.39, 0.29) is 5.54 Å². The summed E-state index contributed by atoms with van der Waals surface area (Å²) in [6, 6.07) is 0. The molecule has 0 bridgehead atoms. The van der Waals surface area contributed by atoms with Gasteiger partial charge >= 0.3 is 0 Å². The molecule has 2 N–H and O–H groups in total. The fourth-order valence-corrected chi connectivity index (χ4v) is 2.17. The van der Waals surface area contributed by atoms with Gasteiger partial charge in [-0.3, -0.25) is 0 Å². The molecule has 0 unspecified atom stereocenters. The number of piperidine rings is 1. The van der Waals surface area contributed by atoms with Crippen LogP contribution < -0.4 is 10.6 Å². The van der Waals surface area contributed by atoms with Crippen molar-refractivity contribution in [2.75, 3.05) is 18.4 Å². The second-order valence-corrected chi connectivity index (χ2v) is 4.46. The van der Waals surface area contributed by atoms with Crippen molar-refractivity contribution in [1.29, 1.82) is 0 Å². The Balaban J connectivity index is 1.99. The lowest BCUT2D eigenvalue weighted by Crippen LogP contribution is -2.45. The monoisotopic (exact) mass is 198 g/mol. The molecule has 13 heavy (non-hydrogen) atoms. The van der Waals surface area contributed by atoms with Crippen molar-refractivity contribution in [2.24, 2.45) is 0 Å². The summed E-state index contributed by atoms with van der Waals surface area (Å²) in [6.07, 6.45) is 3.89. The van der Waals surface area contributed by atoms with Crippen molar-refractivity contribution in [3.8, 4) is 0 Å². The first kappa shape index (κ1) is 8.90. The molecule has 0 spiro atoms. The Labute approximate surface area is 81.9 Å². The van der Waals surface area contributed by atoms with Crippen molar-refractivity contribution in [3.63, 3.8) is 0 Å². The number of anilines is 1. The van der Waals surface area contributed by atoms with Gasteiger partial charge in [0.25, 0.3) is 0 Å². The minimum atomic E-state index is 0.199. The third-order valence-corrected chi connectivity index (χ3v) is 3.06. The molecule has 0 aliphatic carbocycles. The Hall–Kier alpha value is -0.680. The second-order valence-electron chi connectivity index (χ2n) is 3.68. The van der Waals surface area contributed by atoms with Crippen molar-refractivity contribution < 1.29 is 0 Å². The van der Waals surface area contributed by atoms with Gasteiger partial charge in [0, 0.05) is 17.1 Å². The molecule has 5 heteroatoms. The highest BCUT2D eigenvalue weighted by Gasteiger charge is 2.26. The molecule has 1 aromatic rings. The fraction of sp³-hybridized carbons (Fsp3) is 0.750. The maximum atomic E-state index is 4.13. The number of nitrogens with zero attached hydrogens (tertiary/aromatic N) is 2. The number of aromatic nitrogens is 2. The van der Waals surface area contributed by atoms with Crippen LogP contribution >= 0.6 is 11.5 Å². The Bertz CT molecular complexity index is 253. The minimum absolute atomic E-state index is 0.199. The normalized spacial score (nSPS) is 21.3. The zero-order chi connectivity index (χ0) is 9.15. The Morgan fingerprint density at radius 2 is 2.31 bits per heavy atom. The molecule has 1 aliphatic rings. The highest BCUT2D eigenvalue weighted by Crippen LogP contribution is 2.23. The summed E-state index contributed by atoms with van der Waals surface area (Å²) in [5.41, 5.74) is 0.199. The standard InChI is InChI=1S/C8H14N4S/c1-8(2-4-9-5-3-8)12-7-10-6-11-13-7/h6,9H,2-5H2,1H3,(H,10,11,12). The highest BCUT2D eigenvalue weighted by atomic mass is 32.1. The van der Waals surface area contributed by atoms with Crippen LogP contribution in [0.15, 0.2) is 6.33 Å². The summed E-state index contributed by atoms with van der Waals surface area (Å²) < 4.78 is 3.97. The van der Waals surface area contributed by atoms with Crippen molar-refractivity contribution in [2.45, 2.75) is 25.3 Å². The van der Waals surface area contributed by atoms with Crippen molar-refractivity contribution >= 4 is 16.7 Å². The molecule has 1 aromatic heterocycles. The lowest BCUT2D eigenvalue weighted by Gasteiger charge is -2.34. The summed E-state index contributed by atoms with van der Waals surface area (Å²) >= 11 is 1.42. The molecule has 1 saturated heterocycles. The summed E-state index contributed by atoms with van der Waals surface area (Å²) in [4.78, 5) is 4.13. The lowest BCUT2D eigenvalue weighted by molar-refractivity contribution is 0.365. The molecule has 0 saturated carbocycles. The second kappa shape index (κ2) is 3.59. The van der Waals surface area contributed by atoms with Gasteiger partial charge in [0.15, 0.2) is 0 Å². The van der Waals surface area contributed by atoms with Crippen LogP contribution in [0.4, 0.5) is 5.13 Å². The van der Waals surface area contributed by atoms with Gasteiger partial charge in [0.05, 0.1) is 0 Å². The molecule has 0 amide bonds. The number of hydrogen-bond donors (Lipinski definition) is 2. The lowest BCUT2D eigenvalue weighted by atomic mass is 9.91. The third kappa shape index (κ3) is 2.16. The summed E-state index contributed by atoms with van der Waals surface area (Å²) in [5, 5.41) is 7.72. The predicted octanol–water partition coefficient (Wildman–Crippen LogP) is 1.09. The summed E-state index contributed by atoms with van der Waals surface area (Å²) in [5.74, 6) is 0. The molecule has 4 nitrogen and oxygen atoms in total. The maximum Gasteiger partial charge on any atom is 0.202 e. The molecular weight excluding hydrogens is 184 g/mol. The van der Waals surface area contributed by atoms with E-state index in [0.717, 1.165) is 31.1 Å². The number of nitrogens with one attached hydrogen (secondary N) is 2. The Kier molecular flexibility index (Phi) is 2.46. The number of hydrogen-bond acceptors (Lipinski definition) is 5. The molecule has 2 rings (SSSR count). The van der Waals surface area contributed by atoms with Crippen LogP contribution in [0.25, 0.3) is 0 Å². The third-order valence-electron chi connectivity index (χ3n) is 2.48. The van der Waals surface area contributed by atoms with Gasteiger partial charge in [-0.05, 0) is 32.9 Å². The van der Waals surface area contributed by atoms with Gasteiger partial charge in [-0.1, -0.05) is 0 Å². The van der Waals surface area contributed by atoms with E-state index >= 15 is 0 Å². The SMILES string of the molecule is CC1(Nc2ncns2)CCNCC1. The summed E-state index contributed by atoms with van der Waals surface area (Å²) in [6.45, 7) is 4.42. The van der Waals surface area contributed by atoms with Gasteiger partial charge < -0.3 is 10.6 Å². The largest absolute Gasteiger partial charge is 0.355 e. The van der Waals surface area contributed by atoms with E-state index in [0.29, 0.717) is 0 Å². The van der Waals surface area contributed by atoms with Gasteiger partial charge in [-0.15, -0.1) is 0 Å². The van der Waals surface area contributed by atoms with Crippen LogP contribution in [0.3, 0.4) is 0 Å². The van der Waals surface area contributed by atoms with E-state index < -0.39 is 0 Å². The quantitative estimate of drug-likeness (QED) is 0.747. The van der Waals surface area contributed by atoms with Crippen LogP contribution in [0.2, 0.25) is 0 Å². The molecule has 1 aliphatic heterocycles. The van der Waals surface area contributed by atoms with Gasteiger partial charge in [-0.2, -0.15) is 4.37 Å². The van der Waals surface area contributed by atoms with Crippen LogP contribution in [-0.2, 0) is 0 Å². The van der Waals surface area contributed by atoms with E-state index in [1.807, 2.05) is 0 Å². The van der Waals surface area contributed by atoms with Crippen LogP contribution in [0, 0.1) is 0 Å². The van der Waals surface area contributed by atoms with Gasteiger partial charge in [0.2, 0.25) is 5.13 Å². The average Bonchev–Trinajstić information content (AvgIpc) is 2.57. The molecule has 0 aromatic carbocycles. The number of rotatable bonds is 2. The topological polar surface area (TPSA) is 49.8 Å². The van der Waals surface area contributed by atoms with E-state index in [1.54, 1.807) is 6.33 Å². The zero-order valence-electron chi connectivity index (χ0n) is 7.71. The van der Waals surface area contributed by atoms with E-state index in [4.69, 9.17) is 0 Å². The smallest absolute Gasteiger partial charge is 0.202 e. The fourth-order valence-electron chi connectivity index (χ4n) is 1.59. The average molecular weight is 198 g/mol. The predicted molar refractivity (Wildman–Crippen MR) is 54.0 cm³/mol. The van der Waals surface area contributed by atoms with Crippen molar-refractivity contribution in [3.05, 3.63) is 6.33 Å². The molecule has 72 valence electrons. The zero-order valence-corrected chi connectivity index (χ0v) is 8.52. The minimum Gasteiger partial charge on any atom is -0.355 e. The molecule has 0 radical (unpaired) electrons. The van der Waals surface area contributed by atoms with Crippen molar-refractivity contribution in [1.82, 2.24) is 14.7 Å². The summed E-state index contributed by atoms with van der Waals surface area (Å²) in [7, 11) is 0. The Morgan fingerprint density at radius 1 is 1.54 bits per heavy atom. The maximum absolute atomic E-state index is 4.13. The highest BCUT2D eigenvalue weighted by molar-refractivity contribution is 7.09. The molecule has 2 heterocycles. The van der Waals surface area contributed by atoms with Crippen LogP contribution in [0.5, 0.6) is 0 Å². The van der Waals surface area contributed by atoms with Crippen LogP contribution in [-0.4, -0.2) is 28.0 Å². The van der Waals surface area contributed by atoms with E-state index in [9.17, 15) is 0 Å². The first-order valence-electron chi connectivity index (χ1n) is 4.54. The van der Waals surface area contributed by atoms with Gasteiger partial charge in [0.1, 0.15) is 6.33 Å². The van der Waals surface area contributed by atoms with Crippen LogP contribution in [0.1, 0.15) is 19.8 Å². The Morgan fingerprint density at radius 3 is 2.92 bits per heavy atom. The molecule has 0 atom stereocenters. The first-order valence-corrected chi connectivity index (χ1v) is 5.31.